The smallest absolute Gasteiger partial charge is 2.00 e. The molecule has 0 bridgehead atoms. The molecule has 0 saturated heterocycles. The Hall–Kier alpha value is 3.86. The summed E-state index contributed by atoms with van der Waals surface area (Å²) in [6.45, 7) is 0. The molecule has 0 aromatic carbocycles. The van der Waals surface area contributed by atoms with Gasteiger partial charge in [0.15, 0.2) is 0 Å². The zero-order valence-electron chi connectivity index (χ0n) is 2.47. The second-order valence-corrected chi connectivity index (χ2v) is 0. The molecule has 0 aliphatic rings. The first-order valence-corrected chi connectivity index (χ1v) is 0. The minimum atomic E-state index is 0. The van der Waals surface area contributed by atoms with Crippen molar-refractivity contribution in [2.45, 2.75) is 0 Å². The van der Waals surface area contributed by atoms with Gasteiger partial charge in [0.2, 0.25) is 0 Å². The third-order valence-electron chi connectivity index (χ3n) is 0. The number of hydrogen-bond acceptors (Lipinski definition) is 0. The van der Waals surface area contributed by atoms with Crippen LogP contribution in [0.4, 0.5) is 0 Å². The largest absolute Gasteiger partial charge is 3.00 e. The van der Waals surface area contributed by atoms with Crippen molar-refractivity contribution in [2.24, 2.45) is 0 Å². The van der Waals surface area contributed by atoms with Gasteiger partial charge in [-0.15, -0.1) is 0 Å². The molecule has 0 atom stereocenters. The fraction of sp³-hybridized carbons (Fsp3) is 0. The molecule has 0 spiro atoms. The Labute approximate surface area is 126 Å². The van der Waals surface area contributed by atoms with Crippen molar-refractivity contribution >= 4 is 0 Å². The molecule has 17 valence electrons. The summed E-state index contributed by atoms with van der Waals surface area (Å²) in [7, 11) is 0. The van der Waals surface area contributed by atoms with Crippen molar-refractivity contribution in [3.8, 4) is 0 Å². The molecule has 0 N–H and O–H groups in total. The van der Waals surface area contributed by atoms with Gasteiger partial charge < -0.3 is 11.0 Å². The van der Waals surface area contributed by atoms with Crippen LogP contribution in [0.2, 0.25) is 0 Å². The van der Waals surface area contributed by atoms with Crippen molar-refractivity contribution in [3.05, 3.63) is 0 Å². The fourth-order valence-electron chi connectivity index (χ4n) is 0. The van der Waals surface area contributed by atoms with Crippen LogP contribution in [-0.2, 0) is 11.0 Å². The summed E-state index contributed by atoms with van der Waals surface area (Å²) in [5.74, 6) is 0. The van der Waals surface area contributed by atoms with Crippen molar-refractivity contribution in [3.63, 3.8) is 0 Å². The van der Waals surface area contributed by atoms with Crippen molar-refractivity contribution in [2.75, 3.05) is 0 Å². The Morgan fingerprint density at radius 1 is 0.800 bits per heavy atom. The van der Waals surface area contributed by atoms with Gasteiger partial charge in [0.05, 0.1) is 0 Å². The normalized spacial score (nSPS) is 0. The molecule has 0 fully saturated rings. The van der Waals surface area contributed by atoms with Crippen LogP contribution in [0.15, 0.2) is 0 Å². The quantitative estimate of drug-likeness (QED) is 0.488. The van der Waals surface area contributed by atoms with Crippen molar-refractivity contribution < 1.29 is 130 Å². The number of hydrogen-bond donors (Lipinski definition) is 0. The average Bonchev–Trinajstić information content (AvgIpc) is 0. The second kappa shape index (κ2) is 24.8. The standard InChI is InChI=1S/Ce.La.2O.Pr/q2*+3;2*-2;+3. The Bertz CT molecular complexity index is 9.61. The summed E-state index contributed by atoms with van der Waals surface area (Å²) in [4.78, 5) is 0. The molecule has 0 heterocycles. The van der Waals surface area contributed by atoms with E-state index in [0.717, 1.165) is 0 Å². The summed E-state index contributed by atoms with van der Waals surface area (Å²) >= 11 is 0. The molecule has 0 saturated carbocycles. The zero-order chi connectivity index (χ0) is 0. The molecule has 0 unspecified atom stereocenters. The minimum absolute atomic E-state index is 0. The SMILES string of the molecule is [Ce+3].[La+3].[O-2].[O-2].[Pr+3]. The van der Waals surface area contributed by atoms with Gasteiger partial charge in [0, 0.05) is 0 Å². The molecule has 5 heavy (non-hydrogen) atoms. The first kappa shape index (κ1) is 36.8. The molecule has 1 radical (unpaired) electrons. The third kappa shape index (κ3) is 18.1. The van der Waals surface area contributed by atoms with Gasteiger partial charge in [-0.05, 0) is 0 Å². The Morgan fingerprint density at radius 3 is 0.800 bits per heavy atom. The maximum Gasteiger partial charge on any atom is 3.00 e. The first-order chi connectivity index (χ1) is 0. The van der Waals surface area contributed by atoms with E-state index in [2.05, 4.69) is 0 Å². The molecular formula is CeLaO2Pr+5. The van der Waals surface area contributed by atoms with E-state index in [1.165, 1.54) is 0 Å². The molecular weight excluding hydrogens is 452 g/mol. The van der Waals surface area contributed by atoms with Crippen LogP contribution in [0.25, 0.3) is 0 Å². The van der Waals surface area contributed by atoms with E-state index in [1.54, 1.807) is 0 Å². The first-order valence-electron chi connectivity index (χ1n) is 0. The molecule has 2 nitrogen and oxygen atoms in total. The van der Waals surface area contributed by atoms with Gasteiger partial charge in [0.1, 0.15) is 0 Å². The van der Waals surface area contributed by atoms with Crippen LogP contribution in [0.3, 0.4) is 0 Å². The van der Waals surface area contributed by atoms with E-state index < -0.39 is 0 Å². The van der Waals surface area contributed by atoms with E-state index in [9.17, 15) is 0 Å². The Morgan fingerprint density at radius 2 is 0.800 bits per heavy atom. The average molecular weight is 452 g/mol. The van der Waals surface area contributed by atoms with Crippen molar-refractivity contribution in [1.82, 2.24) is 0 Å². The third-order valence-corrected chi connectivity index (χ3v) is 0. The van der Waals surface area contributed by atoms with Crippen LogP contribution >= 0.6 is 0 Å². The van der Waals surface area contributed by atoms with E-state index in [0.29, 0.717) is 0 Å². The van der Waals surface area contributed by atoms with Gasteiger partial charge in [-0.25, -0.2) is 0 Å². The van der Waals surface area contributed by atoms with Crippen LogP contribution in [0.5, 0.6) is 0 Å². The van der Waals surface area contributed by atoms with E-state index >= 15 is 0 Å². The zero-order valence-corrected chi connectivity index (χ0v) is 12.9. The van der Waals surface area contributed by atoms with Gasteiger partial charge in [-0.1, -0.05) is 0 Å². The predicted octanol–water partition coefficient (Wildman–Crippen LogP) is -0.238. The Kier molecular flexibility index (Phi) is 183. The van der Waals surface area contributed by atoms with Crippen LogP contribution in [0.1, 0.15) is 0 Å². The van der Waals surface area contributed by atoms with Gasteiger partial charge >= 0.3 is 119 Å². The summed E-state index contributed by atoms with van der Waals surface area (Å²) in [5, 5.41) is 0. The second-order valence-electron chi connectivity index (χ2n) is 0. The van der Waals surface area contributed by atoms with Gasteiger partial charge in [-0.2, -0.15) is 0 Å². The molecule has 0 aromatic heterocycles. The van der Waals surface area contributed by atoms with Crippen LogP contribution in [-0.4, -0.2) is 0 Å². The van der Waals surface area contributed by atoms with E-state index in [1.807, 2.05) is 0 Å². The molecule has 0 aliphatic heterocycles. The van der Waals surface area contributed by atoms with Gasteiger partial charge in [0.25, 0.3) is 0 Å². The predicted molar refractivity (Wildman–Crippen MR) is 1.37 cm³/mol. The van der Waals surface area contributed by atoms with Gasteiger partial charge in [-0.3, -0.25) is 0 Å². The summed E-state index contributed by atoms with van der Waals surface area (Å²) in [6, 6.07) is 0. The van der Waals surface area contributed by atoms with Crippen LogP contribution < -0.4 is 0 Å². The minimum Gasteiger partial charge on any atom is -2.00 e. The molecule has 0 rings (SSSR count). The Balaban J connectivity index is 0. The maximum atomic E-state index is 0. The summed E-state index contributed by atoms with van der Waals surface area (Å²) in [5.41, 5.74) is 0. The topological polar surface area (TPSA) is 57.0 Å². The molecule has 0 aliphatic carbocycles. The number of rotatable bonds is 0. The van der Waals surface area contributed by atoms with E-state index in [4.69, 9.17) is 0 Å². The summed E-state index contributed by atoms with van der Waals surface area (Å²) in [6.07, 6.45) is 0. The van der Waals surface area contributed by atoms with Crippen molar-refractivity contribution in [1.29, 1.82) is 0 Å². The maximum absolute atomic E-state index is 0. The van der Waals surface area contributed by atoms with E-state index in [-0.39, 0.29) is 130 Å². The monoisotopic (exact) mass is 452 g/mol. The molecule has 0 amide bonds. The van der Waals surface area contributed by atoms with Crippen LogP contribution in [0, 0.1) is 119 Å². The molecule has 5 heteroatoms. The summed E-state index contributed by atoms with van der Waals surface area (Å²) < 4.78 is 0. The fourth-order valence-corrected chi connectivity index (χ4v) is 0. The molecule has 0 aromatic rings.